The molecule has 0 aliphatic heterocycles. The van der Waals surface area contributed by atoms with Crippen molar-refractivity contribution in [1.29, 1.82) is 0 Å². The topological polar surface area (TPSA) is 158 Å². The molecule has 44 heavy (non-hydrogen) atoms. The molecule has 3 N–H and O–H groups in total. The number of alkyl carbamates (subject to hydrolysis) is 1. The highest BCUT2D eigenvalue weighted by Gasteiger charge is 2.25. The van der Waals surface area contributed by atoms with E-state index in [0.29, 0.717) is 42.0 Å². The predicted octanol–water partition coefficient (Wildman–Crippen LogP) is 4.66. The maximum atomic E-state index is 12.0. The maximum Gasteiger partial charge on any atom is 0.407 e. The zero-order valence-electron chi connectivity index (χ0n) is 26.1. The van der Waals surface area contributed by atoms with Gasteiger partial charge in [0.1, 0.15) is 49.1 Å². The van der Waals surface area contributed by atoms with Gasteiger partial charge in [0.05, 0.1) is 0 Å². The first-order valence-corrected chi connectivity index (χ1v) is 14.8. The van der Waals surface area contributed by atoms with E-state index in [1.807, 2.05) is 0 Å². The fourth-order valence-corrected chi connectivity index (χ4v) is 3.96. The minimum absolute atomic E-state index is 0.0672. The van der Waals surface area contributed by atoms with Crippen LogP contribution in [0.15, 0.2) is 48.5 Å². The van der Waals surface area contributed by atoms with Gasteiger partial charge in [-0.15, -0.1) is 0 Å². The number of ether oxygens (including phenoxy) is 4. The Morgan fingerprint density at radius 3 is 1.52 bits per heavy atom. The molecular formula is C33H45NO10. The maximum absolute atomic E-state index is 12.0. The number of carbonyl (C=O) groups is 4. The second-order valence-corrected chi connectivity index (χ2v) is 11.3. The van der Waals surface area contributed by atoms with Crippen molar-refractivity contribution in [2.24, 2.45) is 0 Å². The number of amides is 1. The summed E-state index contributed by atoms with van der Waals surface area (Å²) in [6, 6.07) is 12.8. The molecule has 0 heterocycles. The largest absolute Gasteiger partial charge is 0.490 e. The van der Waals surface area contributed by atoms with Crippen LogP contribution in [0.5, 0.6) is 11.5 Å². The van der Waals surface area contributed by atoms with Crippen molar-refractivity contribution < 1.29 is 48.3 Å². The fraction of sp³-hybridized carbons (Fsp3) is 0.515. The number of esters is 1. The third kappa shape index (κ3) is 14.0. The highest BCUT2D eigenvalue weighted by molar-refractivity contribution is 6.02. The van der Waals surface area contributed by atoms with Crippen molar-refractivity contribution in [3.05, 3.63) is 59.7 Å². The Hall–Kier alpha value is -3.96. The monoisotopic (exact) mass is 615 g/mol. The van der Waals surface area contributed by atoms with Crippen molar-refractivity contribution in [1.82, 2.24) is 5.32 Å². The molecule has 0 bridgehead atoms. The number of hydrogen-bond donors (Lipinski definition) is 3. The Labute approximate surface area is 258 Å². The first-order chi connectivity index (χ1) is 20.8. The molecule has 0 unspecified atom stereocenters. The first-order valence-electron chi connectivity index (χ1n) is 14.8. The third-order valence-electron chi connectivity index (χ3n) is 6.37. The molecule has 2 aromatic carbocycles. The van der Waals surface area contributed by atoms with Gasteiger partial charge in [-0.3, -0.25) is 14.4 Å². The summed E-state index contributed by atoms with van der Waals surface area (Å²) in [5.74, 6) is 0.0110. The van der Waals surface area contributed by atoms with E-state index in [2.05, 4.69) is 5.32 Å². The van der Waals surface area contributed by atoms with Crippen molar-refractivity contribution in [3.8, 4) is 11.5 Å². The van der Waals surface area contributed by atoms with Gasteiger partial charge in [-0.1, -0.05) is 19.3 Å². The van der Waals surface area contributed by atoms with E-state index < -0.39 is 17.3 Å². The smallest absolute Gasteiger partial charge is 0.407 e. The van der Waals surface area contributed by atoms with Gasteiger partial charge in [0, 0.05) is 24.1 Å². The van der Waals surface area contributed by atoms with E-state index in [0.717, 1.165) is 25.7 Å². The molecule has 0 saturated heterocycles. The summed E-state index contributed by atoms with van der Waals surface area (Å²) >= 11 is 0. The van der Waals surface area contributed by atoms with E-state index in [-0.39, 0.29) is 44.0 Å². The van der Waals surface area contributed by atoms with E-state index in [4.69, 9.17) is 18.9 Å². The summed E-state index contributed by atoms with van der Waals surface area (Å²) in [6.07, 6.45) is 4.00. The Morgan fingerprint density at radius 1 is 0.614 bits per heavy atom. The van der Waals surface area contributed by atoms with E-state index in [1.54, 1.807) is 48.5 Å². The number of aliphatic hydroxyl groups is 2. The summed E-state index contributed by atoms with van der Waals surface area (Å²) in [7, 11) is 0. The van der Waals surface area contributed by atoms with Crippen molar-refractivity contribution in [2.45, 2.75) is 77.4 Å². The van der Waals surface area contributed by atoms with Crippen molar-refractivity contribution in [3.63, 3.8) is 0 Å². The Balaban J connectivity index is 1.42. The van der Waals surface area contributed by atoms with E-state index in [1.165, 1.54) is 27.7 Å². The molecule has 0 spiro atoms. The minimum Gasteiger partial charge on any atom is -0.490 e. The molecule has 0 radical (unpaired) electrons. The van der Waals surface area contributed by atoms with Crippen LogP contribution in [-0.2, 0) is 14.3 Å². The molecule has 11 nitrogen and oxygen atoms in total. The second-order valence-electron chi connectivity index (χ2n) is 11.3. The molecule has 1 amide bonds. The molecule has 0 saturated carbocycles. The zero-order valence-corrected chi connectivity index (χ0v) is 26.1. The van der Waals surface area contributed by atoms with Crippen LogP contribution >= 0.6 is 0 Å². The highest BCUT2D eigenvalue weighted by Crippen LogP contribution is 2.18. The highest BCUT2D eigenvalue weighted by atomic mass is 16.6. The lowest BCUT2D eigenvalue weighted by Gasteiger charge is -2.15. The molecule has 0 atom stereocenters. The van der Waals surface area contributed by atoms with E-state index in [9.17, 15) is 29.4 Å². The number of nitrogens with one attached hydrogen (secondary N) is 1. The summed E-state index contributed by atoms with van der Waals surface area (Å²) in [4.78, 5) is 47.8. The van der Waals surface area contributed by atoms with Crippen LogP contribution in [0.2, 0.25) is 0 Å². The molecule has 0 aliphatic carbocycles. The SMILES string of the molecule is CC(C)(O)C(=O)c1ccc(OCCOC(=O)CCCCCCCNC(=O)OCCOc2ccc(C(=O)C(C)(C)O)cc2)cc1. The summed E-state index contributed by atoms with van der Waals surface area (Å²) in [5, 5.41) is 22.3. The van der Waals surface area contributed by atoms with Gasteiger partial charge in [-0.2, -0.15) is 0 Å². The number of hydrogen-bond acceptors (Lipinski definition) is 10. The van der Waals surface area contributed by atoms with Crippen molar-refractivity contribution in [2.75, 3.05) is 33.0 Å². The average molecular weight is 616 g/mol. The molecule has 242 valence electrons. The minimum atomic E-state index is -1.44. The van der Waals surface area contributed by atoms with Crippen LogP contribution in [0, 0.1) is 0 Å². The van der Waals surface area contributed by atoms with Gasteiger partial charge >= 0.3 is 12.1 Å². The summed E-state index contributed by atoms with van der Waals surface area (Å²) in [6.45, 7) is 6.75. The molecule has 2 aromatic rings. The number of ketones is 2. The predicted molar refractivity (Wildman–Crippen MR) is 163 cm³/mol. The number of carbonyl (C=O) groups excluding carboxylic acids is 4. The Kier molecular flexibility index (Phi) is 14.8. The quantitative estimate of drug-likeness (QED) is 0.109. The van der Waals surface area contributed by atoms with E-state index >= 15 is 0 Å². The van der Waals surface area contributed by atoms with Crippen LogP contribution in [0.1, 0.15) is 86.9 Å². The lowest BCUT2D eigenvalue weighted by Crippen LogP contribution is -2.31. The summed E-state index contributed by atoms with van der Waals surface area (Å²) < 4.78 is 21.3. The molecular weight excluding hydrogens is 570 g/mol. The van der Waals surface area contributed by atoms with Gasteiger partial charge in [-0.25, -0.2) is 4.79 Å². The standard InChI is InChI=1S/C33H45NO10/c1-32(2,39)29(36)24-11-15-26(16-12-24)41-20-22-43-28(35)10-8-6-5-7-9-19-34-31(38)44-23-21-42-27-17-13-25(14-18-27)30(37)33(3,4)40/h11-18,39-40H,5-10,19-23H2,1-4H3,(H,34,38). The number of Topliss-reactive ketones (excluding diaryl/α,β-unsaturated/α-hetero) is 2. The van der Waals surface area contributed by atoms with Gasteiger partial charge in [0.2, 0.25) is 0 Å². The molecule has 0 aliphatic rings. The number of rotatable bonds is 20. The normalized spacial score (nSPS) is 11.4. The molecule has 2 rings (SSSR count). The van der Waals surface area contributed by atoms with Gasteiger partial charge in [0.15, 0.2) is 11.6 Å². The van der Waals surface area contributed by atoms with Gasteiger partial charge < -0.3 is 34.5 Å². The van der Waals surface area contributed by atoms with Crippen LogP contribution in [0.3, 0.4) is 0 Å². The van der Waals surface area contributed by atoms with Crippen LogP contribution in [0.4, 0.5) is 4.79 Å². The van der Waals surface area contributed by atoms with Gasteiger partial charge in [-0.05, 0) is 89.1 Å². The third-order valence-corrected chi connectivity index (χ3v) is 6.37. The van der Waals surface area contributed by atoms with Crippen LogP contribution in [-0.4, -0.2) is 78.0 Å². The second kappa shape index (κ2) is 18.0. The molecule has 0 aromatic heterocycles. The lowest BCUT2D eigenvalue weighted by molar-refractivity contribution is -0.144. The average Bonchev–Trinajstić information content (AvgIpc) is 2.97. The number of benzene rings is 2. The lowest BCUT2D eigenvalue weighted by atomic mass is 9.97. The Bertz CT molecular complexity index is 1100. The molecule has 0 fully saturated rings. The fourth-order valence-electron chi connectivity index (χ4n) is 3.96. The summed E-state index contributed by atoms with van der Waals surface area (Å²) in [5.41, 5.74) is -2.12. The van der Waals surface area contributed by atoms with Gasteiger partial charge in [0.25, 0.3) is 0 Å². The zero-order chi connectivity index (χ0) is 32.6. The molecule has 11 heteroatoms. The van der Waals surface area contributed by atoms with Crippen molar-refractivity contribution >= 4 is 23.6 Å². The number of unbranched alkanes of at least 4 members (excludes halogenated alkanes) is 4. The van der Waals surface area contributed by atoms with Crippen LogP contribution in [0.25, 0.3) is 0 Å². The first kappa shape index (κ1) is 36.2. The Morgan fingerprint density at radius 2 is 1.05 bits per heavy atom. The van der Waals surface area contributed by atoms with Crippen LogP contribution < -0.4 is 14.8 Å².